The molecule has 3 nitrogen and oxygen atoms in total. The van der Waals surface area contributed by atoms with Crippen molar-refractivity contribution in [1.82, 2.24) is 15.5 Å². The monoisotopic (exact) mass is 169 g/mol. The Labute approximate surface area is 74.8 Å². The van der Waals surface area contributed by atoms with Crippen molar-refractivity contribution in [2.24, 2.45) is 0 Å². The van der Waals surface area contributed by atoms with E-state index in [1.165, 1.54) is 0 Å². The lowest BCUT2D eigenvalue weighted by Gasteiger charge is -2.38. The largest absolute Gasteiger partial charge is 0.384 e. The van der Waals surface area contributed by atoms with E-state index < -0.39 is 0 Å². The predicted molar refractivity (Wildman–Crippen MR) is 52.1 cm³/mol. The predicted octanol–water partition coefficient (Wildman–Crippen LogP) is 0.0116. The molecule has 0 aliphatic carbocycles. The number of nitrogens with zero attached hydrogens (tertiary/aromatic N) is 1. The van der Waals surface area contributed by atoms with Crippen molar-refractivity contribution in [3.8, 4) is 0 Å². The van der Waals surface area contributed by atoms with Crippen molar-refractivity contribution >= 4 is 0 Å². The van der Waals surface area contributed by atoms with Gasteiger partial charge in [0.05, 0.1) is 6.04 Å². The van der Waals surface area contributed by atoms with Gasteiger partial charge in [0.1, 0.15) is 0 Å². The molecule has 70 valence electrons. The van der Waals surface area contributed by atoms with Crippen molar-refractivity contribution in [3.63, 3.8) is 0 Å². The summed E-state index contributed by atoms with van der Waals surface area (Å²) in [7, 11) is 4.11. The molecular weight excluding hydrogens is 150 g/mol. The highest BCUT2D eigenvalue weighted by Gasteiger charge is 2.24. The molecule has 1 aliphatic heterocycles. The second-order valence-electron chi connectivity index (χ2n) is 3.58. The summed E-state index contributed by atoms with van der Waals surface area (Å²) in [6.45, 7) is 8.26. The average Bonchev–Trinajstić information content (AvgIpc) is 1.96. The van der Waals surface area contributed by atoms with Gasteiger partial charge in [-0.05, 0) is 21.0 Å². The SMILES string of the molecule is C=C1NC(C)CN(C)C1CNC. The highest BCUT2D eigenvalue weighted by atomic mass is 15.2. The molecule has 0 aromatic heterocycles. The Bertz CT molecular complexity index is 167. The first kappa shape index (κ1) is 9.55. The quantitative estimate of drug-likeness (QED) is 0.610. The van der Waals surface area contributed by atoms with Crippen LogP contribution >= 0.6 is 0 Å². The molecule has 3 heteroatoms. The third-order valence-electron chi connectivity index (χ3n) is 2.33. The molecule has 2 unspecified atom stereocenters. The maximum absolute atomic E-state index is 4.02. The first-order valence-corrected chi connectivity index (χ1v) is 4.45. The fraction of sp³-hybridized carbons (Fsp3) is 0.778. The molecule has 0 amide bonds. The Morgan fingerprint density at radius 3 is 2.92 bits per heavy atom. The molecule has 0 spiro atoms. The highest BCUT2D eigenvalue weighted by molar-refractivity contribution is 5.09. The Hall–Kier alpha value is -0.540. The van der Waals surface area contributed by atoms with Crippen molar-refractivity contribution in [2.45, 2.75) is 19.0 Å². The van der Waals surface area contributed by atoms with Crippen molar-refractivity contribution in [3.05, 3.63) is 12.3 Å². The molecule has 12 heavy (non-hydrogen) atoms. The summed E-state index contributed by atoms with van der Waals surface area (Å²) in [6.07, 6.45) is 0. The van der Waals surface area contributed by atoms with E-state index in [9.17, 15) is 0 Å². The highest BCUT2D eigenvalue weighted by Crippen LogP contribution is 2.11. The maximum Gasteiger partial charge on any atom is 0.0613 e. The van der Waals surface area contributed by atoms with Gasteiger partial charge in [0.2, 0.25) is 0 Å². The molecule has 2 atom stereocenters. The van der Waals surface area contributed by atoms with Crippen molar-refractivity contribution in [2.75, 3.05) is 27.2 Å². The van der Waals surface area contributed by atoms with Crippen LogP contribution < -0.4 is 10.6 Å². The van der Waals surface area contributed by atoms with Crippen molar-refractivity contribution < 1.29 is 0 Å². The molecule has 0 aromatic rings. The smallest absolute Gasteiger partial charge is 0.0613 e. The van der Waals surface area contributed by atoms with Crippen LogP contribution in [0, 0.1) is 0 Å². The molecule has 1 saturated heterocycles. The lowest BCUT2D eigenvalue weighted by atomic mass is 10.1. The standard InChI is InChI=1S/C9H19N3/c1-7-6-12(4)9(5-10-3)8(2)11-7/h7,9-11H,2,5-6H2,1,3-4H3. The lowest BCUT2D eigenvalue weighted by Crippen LogP contribution is -2.54. The molecule has 1 aliphatic rings. The minimum Gasteiger partial charge on any atom is -0.384 e. The zero-order valence-corrected chi connectivity index (χ0v) is 8.22. The van der Waals surface area contributed by atoms with Crippen LogP contribution in [0.3, 0.4) is 0 Å². The summed E-state index contributed by atoms with van der Waals surface area (Å²) >= 11 is 0. The Balaban J connectivity index is 2.54. The number of hydrogen-bond donors (Lipinski definition) is 2. The fourth-order valence-electron chi connectivity index (χ4n) is 1.76. The van der Waals surface area contributed by atoms with E-state index in [-0.39, 0.29) is 0 Å². The lowest BCUT2D eigenvalue weighted by molar-refractivity contribution is 0.203. The summed E-state index contributed by atoms with van der Waals surface area (Å²) in [5, 5.41) is 6.54. The third kappa shape index (κ3) is 1.99. The van der Waals surface area contributed by atoms with Crippen LogP contribution in [-0.4, -0.2) is 44.2 Å². The van der Waals surface area contributed by atoms with E-state index in [1.54, 1.807) is 0 Å². The van der Waals surface area contributed by atoms with E-state index in [1.807, 2.05) is 7.05 Å². The zero-order chi connectivity index (χ0) is 9.14. The Morgan fingerprint density at radius 2 is 2.42 bits per heavy atom. The van der Waals surface area contributed by atoms with Gasteiger partial charge in [-0.3, -0.25) is 4.90 Å². The summed E-state index contributed by atoms with van der Waals surface area (Å²) in [4.78, 5) is 2.33. The van der Waals surface area contributed by atoms with Gasteiger partial charge in [0.15, 0.2) is 0 Å². The van der Waals surface area contributed by atoms with Crippen LogP contribution in [0.1, 0.15) is 6.92 Å². The van der Waals surface area contributed by atoms with Gasteiger partial charge in [-0.25, -0.2) is 0 Å². The summed E-state index contributed by atoms with van der Waals surface area (Å²) in [6, 6.07) is 0.960. The van der Waals surface area contributed by atoms with Crippen LogP contribution in [0.2, 0.25) is 0 Å². The topological polar surface area (TPSA) is 27.3 Å². The average molecular weight is 169 g/mol. The molecule has 1 heterocycles. The molecule has 0 saturated carbocycles. The van der Waals surface area contributed by atoms with Gasteiger partial charge in [-0.2, -0.15) is 0 Å². The Morgan fingerprint density at radius 1 is 1.75 bits per heavy atom. The normalized spacial score (nSPS) is 31.8. The third-order valence-corrected chi connectivity index (χ3v) is 2.33. The second-order valence-corrected chi connectivity index (χ2v) is 3.58. The summed E-state index contributed by atoms with van der Waals surface area (Å²) < 4.78 is 0. The minimum atomic E-state index is 0.436. The van der Waals surface area contributed by atoms with Gasteiger partial charge in [0, 0.05) is 24.8 Å². The molecule has 0 aromatic carbocycles. The fourth-order valence-corrected chi connectivity index (χ4v) is 1.76. The number of likely N-dealkylation sites (N-methyl/N-ethyl adjacent to an activating group) is 2. The molecule has 2 N–H and O–H groups in total. The summed E-state index contributed by atoms with van der Waals surface area (Å²) in [5.74, 6) is 0. The van der Waals surface area contributed by atoms with Crippen LogP contribution in [-0.2, 0) is 0 Å². The zero-order valence-electron chi connectivity index (χ0n) is 8.22. The van der Waals surface area contributed by atoms with Crippen LogP contribution in [0.4, 0.5) is 0 Å². The van der Waals surface area contributed by atoms with Crippen molar-refractivity contribution in [1.29, 1.82) is 0 Å². The van der Waals surface area contributed by atoms with E-state index in [0.717, 1.165) is 18.8 Å². The number of nitrogens with one attached hydrogen (secondary N) is 2. The maximum atomic E-state index is 4.02. The van der Waals surface area contributed by atoms with E-state index >= 15 is 0 Å². The van der Waals surface area contributed by atoms with E-state index in [0.29, 0.717) is 12.1 Å². The molecule has 0 radical (unpaired) electrons. The first-order valence-electron chi connectivity index (χ1n) is 4.45. The van der Waals surface area contributed by atoms with E-state index in [4.69, 9.17) is 0 Å². The van der Waals surface area contributed by atoms with Gasteiger partial charge < -0.3 is 10.6 Å². The van der Waals surface area contributed by atoms with Gasteiger partial charge in [-0.1, -0.05) is 6.58 Å². The van der Waals surface area contributed by atoms with Crippen LogP contribution in [0.15, 0.2) is 12.3 Å². The molecule has 0 bridgehead atoms. The molecule has 1 fully saturated rings. The Kier molecular flexibility index (Phi) is 3.12. The minimum absolute atomic E-state index is 0.436. The van der Waals surface area contributed by atoms with Gasteiger partial charge in [-0.15, -0.1) is 0 Å². The van der Waals surface area contributed by atoms with Crippen LogP contribution in [0.25, 0.3) is 0 Å². The number of hydrogen-bond acceptors (Lipinski definition) is 3. The van der Waals surface area contributed by atoms with Gasteiger partial charge in [0.25, 0.3) is 0 Å². The van der Waals surface area contributed by atoms with Crippen LogP contribution in [0.5, 0.6) is 0 Å². The number of rotatable bonds is 2. The van der Waals surface area contributed by atoms with Gasteiger partial charge >= 0.3 is 0 Å². The summed E-state index contributed by atoms with van der Waals surface area (Å²) in [5.41, 5.74) is 1.13. The molecular formula is C9H19N3. The second kappa shape index (κ2) is 3.92. The first-order chi connectivity index (χ1) is 5.65. The number of piperazine rings is 1. The molecule has 1 rings (SSSR count). The van der Waals surface area contributed by atoms with E-state index in [2.05, 4.69) is 36.1 Å².